The molecular formula is C19H33IN4O. The van der Waals surface area contributed by atoms with Crippen LogP contribution < -0.4 is 16.4 Å². The fourth-order valence-electron chi connectivity index (χ4n) is 3.05. The molecule has 6 heteroatoms. The molecule has 1 heterocycles. The maximum atomic E-state index is 6.06. The van der Waals surface area contributed by atoms with Crippen LogP contribution in [0.2, 0.25) is 0 Å². The van der Waals surface area contributed by atoms with Crippen LogP contribution in [0.15, 0.2) is 35.3 Å². The normalized spacial score (nSPS) is 19.0. The predicted octanol–water partition coefficient (Wildman–Crippen LogP) is 3.21. The summed E-state index contributed by atoms with van der Waals surface area (Å²) in [5.74, 6) is 0.502. The summed E-state index contributed by atoms with van der Waals surface area (Å²) < 4.78 is 5.56. The monoisotopic (exact) mass is 460 g/mol. The third-order valence-corrected chi connectivity index (χ3v) is 4.33. The lowest BCUT2D eigenvalue weighted by atomic mass is 9.88. The first-order chi connectivity index (χ1) is 11.3. The molecule has 1 fully saturated rings. The van der Waals surface area contributed by atoms with Crippen molar-refractivity contribution < 1.29 is 4.74 Å². The molecule has 0 aliphatic carbocycles. The van der Waals surface area contributed by atoms with E-state index in [1.54, 1.807) is 0 Å². The maximum Gasteiger partial charge on any atom is 0.189 e. The van der Waals surface area contributed by atoms with E-state index in [9.17, 15) is 0 Å². The van der Waals surface area contributed by atoms with Crippen molar-refractivity contribution in [1.29, 1.82) is 0 Å². The second-order valence-electron chi connectivity index (χ2n) is 7.75. The maximum absolute atomic E-state index is 6.06. The van der Waals surface area contributed by atoms with Crippen molar-refractivity contribution in [3.05, 3.63) is 35.9 Å². The summed E-state index contributed by atoms with van der Waals surface area (Å²) in [6.45, 7) is 10.6. The van der Waals surface area contributed by atoms with E-state index in [0.29, 0.717) is 12.5 Å². The van der Waals surface area contributed by atoms with Crippen LogP contribution in [0.4, 0.5) is 0 Å². The number of hydrogen-bond acceptors (Lipinski definition) is 3. The Morgan fingerprint density at radius 3 is 2.40 bits per heavy atom. The average Bonchev–Trinajstić information content (AvgIpc) is 2.53. The van der Waals surface area contributed by atoms with Crippen molar-refractivity contribution in [2.75, 3.05) is 19.8 Å². The Labute approximate surface area is 169 Å². The molecule has 1 aromatic rings. The molecule has 0 amide bonds. The molecule has 0 aromatic heterocycles. The topological polar surface area (TPSA) is 71.7 Å². The van der Waals surface area contributed by atoms with Crippen molar-refractivity contribution in [3.8, 4) is 0 Å². The fourth-order valence-corrected chi connectivity index (χ4v) is 3.05. The van der Waals surface area contributed by atoms with Crippen molar-refractivity contribution in [3.63, 3.8) is 0 Å². The van der Waals surface area contributed by atoms with E-state index in [1.165, 1.54) is 5.56 Å². The highest BCUT2D eigenvalue weighted by atomic mass is 127. The van der Waals surface area contributed by atoms with E-state index in [1.807, 2.05) is 6.07 Å². The predicted molar refractivity (Wildman–Crippen MR) is 116 cm³/mol. The minimum absolute atomic E-state index is 0. The number of nitrogens with two attached hydrogens (primary N) is 1. The second-order valence-corrected chi connectivity index (χ2v) is 7.75. The van der Waals surface area contributed by atoms with Gasteiger partial charge in [-0.15, -0.1) is 24.0 Å². The fraction of sp³-hybridized carbons (Fsp3) is 0.632. The number of nitrogens with zero attached hydrogens (tertiary/aromatic N) is 1. The zero-order valence-electron chi connectivity index (χ0n) is 15.8. The first-order valence-corrected chi connectivity index (χ1v) is 8.78. The lowest BCUT2D eigenvalue weighted by Crippen LogP contribution is -2.53. The third-order valence-electron chi connectivity index (χ3n) is 4.33. The lowest BCUT2D eigenvalue weighted by Gasteiger charge is -2.39. The van der Waals surface area contributed by atoms with Gasteiger partial charge in [0.2, 0.25) is 0 Å². The quantitative estimate of drug-likeness (QED) is 0.359. The van der Waals surface area contributed by atoms with Crippen LogP contribution in [-0.4, -0.2) is 36.8 Å². The van der Waals surface area contributed by atoms with E-state index < -0.39 is 0 Å². The Morgan fingerprint density at radius 2 is 1.84 bits per heavy atom. The van der Waals surface area contributed by atoms with E-state index in [-0.39, 0.29) is 41.1 Å². The van der Waals surface area contributed by atoms with Crippen LogP contribution >= 0.6 is 24.0 Å². The van der Waals surface area contributed by atoms with Gasteiger partial charge in [0, 0.05) is 30.3 Å². The van der Waals surface area contributed by atoms with Crippen molar-refractivity contribution >= 4 is 29.9 Å². The molecule has 1 unspecified atom stereocenters. The number of halogens is 1. The molecule has 25 heavy (non-hydrogen) atoms. The molecule has 5 nitrogen and oxygen atoms in total. The number of nitrogens with one attached hydrogen (secondary N) is 2. The minimum Gasteiger partial charge on any atom is -0.381 e. The SMILES string of the molecule is CC(NC1(CN=C(N)NC(C)(C)C)CCOCC1)c1ccccc1.I. The molecule has 0 radical (unpaired) electrons. The molecule has 1 aliphatic rings. The molecule has 0 spiro atoms. The van der Waals surface area contributed by atoms with Gasteiger partial charge in [0.05, 0.1) is 6.54 Å². The number of hydrogen-bond donors (Lipinski definition) is 3. The smallest absolute Gasteiger partial charge is 0.189 e. The van der Waals surface area contributed by atoms with Gasteiger partial charge >= 0.3 is 0 Å². The van der Waals surface area contributed by atoms with Crippen LogP contribution in [0.25, 0.3) is 0 Å². The largest absolute Gasteiger partial charge is 0.381 e. The highest BCUT2D eigenvalue weighted by Crippen LogP contribution is 2.26. The van der Waals surface area contributed by atoms with Gasteiger partial charge in [-0.1, -0.05) is 30.3 Å². The summed E-state index contributed by atoms with van der Waals surface area (Å²) in [5.41, 5.74) is 7.19. The van der Waals surface area contributed by atoms with Gasteiger partial charge in [0.25, 0.3) is 0 Å². The average molecular weight is 460 g/mol. The summed E-state index contributed by atoms with van der Waals surface area (Å²) >= 11 is 0. The van der Waals surface area contributed by atoms with E-state index in [4.69, 9.17) is 10.5 Å². The Hall–Kier alpha value is -0.860. The van der Waals surface area contributed by atoms with Crippen LogP contribution in [0.5, 0.6) is 0 Å². The van der Waals surface area contributed by atoms with Gasteiger partial charge < -0.3 is 21.1 Å². The van der Waals surface area contributed by atoms with Crippen LogP contribution in [0, 0.1) is 0 Å². The first kappa shape index (κ1) is 22.2. The van der Waals surface area contributed by atoms with E-state index in [2.05, 4.69) is 67.6 Å². The van der Waals surface area contributed by atoms with Crippen molar-refractivity contribution in [1.82, 2.24) is 10.6 Å². The van der Waals surface area contributed by atoms with Crippen LogP contribution in [-0.2, 0) is 4.74 Å². The Kier molecular flexibility index (Phi) is 8.63. The van der Waals surface area contributed by atoms with Gasteiger partial charge in [-0.2, -0.15) is 0 Å². The number of guanidine groups is 1. The summed E-state index contributed by atoms with van der Waals surface area (Å²) in [6.07, 6.45) is 1.88. The zero-order chi connectivity index (χ0) is 17.6. The number of rotatable bonds is 5. The molecule has 4 N–H and O–H groups in total. The summed E-state index contributed by atoms with van der Waals surface area (Å²) in [5, 5.41) is 7.03. The molecular weight excluding hydrogens is 427 g/mol. The molecule has 1 aliphatic heterocycles. The Bertz CT molecular complexity index is 536. The number of benzene rings is 1. The Morgan fingerprint density at radius 1 is 1.24 bits per heavy atom. The van der Waals surface area contributed by atoms with Gasteiger partial charge in [0.15, 0.2) is 5.96 Å². The molecule has 0 saturated carbocycles. The molecule has 1 saturated heterocycles. The minimum atomic E-state index is -0.0822. The molecule has 2 rings (SSSR count). The second kappa shape index (κ2) is 9.73. The Balaban J connectivity index is 0.00000312. The highest BCUT2D eigenvalue weighted by Gasteiger charge is 2.34. The molecule has 0 bridgehead atoms. The summed E-state index contributed by atoms with van der Waals surface area (Å²) in [4.78, 5) is 4.62. The molecule has 1 aromatic carbocycles. The molecule has 142 valence electrons. The first-order valence-electron chi connectivity index (χ1n) is 8.78. The van der Waals surface area contributed by atoms with Gasteiger partial charge in [-0.25, -0.2) is 0 Å². The standard InChI is InChI=1S/C19H32N4O.HI/c1-15(16-8-6-5-7-9-16)22-19(10-12-24-13-11-19)14-21-17(20)23-18(2,3)4;/h5-9,15,22H,10-14H2,1-4H3,(H3,20,21,23);1H. The van der Waals surface area contributed by atoms with Crippen molar-refractivity contribution in [2.24, 2.45) is 10.7 Å². The van der Waals surface area contributed by atoms with E-state index >= 15 is 0 Å². The number of aliphatic imine (C=N–C) groups is 1. The van der Waals surface area contributed by atoms with Gasteiger partial charge in [-0.05, 0) is 46.1 Å². The zero-order valence-corrected chi connectivity index (χ0v) is 18.2. The summed E-state index contributed by atoms with van der Waals surface area (Å²) in [7, 11) is 0. The number of ether oxygens (including phenoxy) is 1. The summed E-state index contributed by atoms with van der Waals surface area (Å²) in [6, 6.07) is 10.8. The lowest BCUT2D eigenvalue weighted by molar-refractivity contribution is 0.0374. The van der Waals surface area contributed by atoms with Crippen LogP contribution in [0.1, 0.15) is 52.1 Å². The van der Waals surface area contributed by atoms with Crippen molar-refractivity contribution in [2.45, 2.75) is 57.7 Å². The van der Waals surface area contributed by atoms with Gasteiger partial charge in [-0.3, -0.25) is 4.99 Å². The highest BCUT2D eigenvalue weighted by molar-refractivity contribution is 14.0. The van der Waals surface area contributed by atoms with Crippen LogP contribution in [0.3, 0.4) is 0 Å². The van der Waals surface area contributed by atoms with Gasteiger partial charge in [0.1, 0.15) is 0 Å². The third kappa shape index (κ3) is 7.50. The molecule has 1 atom stereocenters. The van der Waals surface area contributed by atoms with E-state index in [0.717, 1.165) is 26.1 Å².